The fourth-order valence-corrected chi connectivity index (χ4v) is 4.93. The Morgan fingerprint density at radius 1 is 1.13 bits per heavy atom. The summed E-state index contributed by atoms with van der Waals surface area (Å²) in [6.07, 6.45) is -10.8. The van der Waals surface area contributed by atoms with Crippen LogP contribution in [0.25, 0.3) is 0 Å². The maximum atomic E-state index is 11.6. The molecule has 1 saturated heterocycles. The van der Waals surface area contributed by atoms with Crippen molar-refractivity contribution in [2.45, 2.75) is 55.1 Å². The number of aliphatic hydroxyl groups excluding tert-OH is 7. The Balaban J connectivity index is 0.000000386. The lowest BCUT2D eigenvalue weighted by Crippen LogP contribution is -2.62. The highest BCUT2D eigenvalue weighted by Gasteiger charge is 2.57. The van der Waals surface area contributed by atoms with Gasteiger partial charge >= 0.3 is 21.1 Å². The molecule has 0 unspecified atom stereocenters. The lowest BCUT2D eigenvalue weighted by Gasteiger charge is -2.32. The van der Waals surface area contributed by atoms with Crippen molar-refractivity contribution in [1.29, 1.82) is 0 Å². The smallest absolute Gasteiger partial charge is 0.388 e. The first-order valence-electron chi connectivity index (χ1n) is 10.3. The van der Waals surface area contributed by atoms with Crippen LogP contribution in [0.15, 0.2) is 21.9 Å². The van der Waals surface area contributed by atoms with Gasteiger partial charge in [0.25, 0.3) is 16.4 Å². The van der Waals surface area contributed by atoms with Gasteiger partial charge in [0.15, 0.2) is 6.23 Å². The zero-order valence-electron chi connectivity index (χ0n) is 19.3. The van der Waals surface area contributed by atoms with Crippen LogP contribution >= 0.6 is 15.4 Å². The van der Waals surface area contributed by atoms with Gasteiger partial charge in [-0.1, -0.05) is 0 Å². The van der Waals surface area contributed by atoms with Crippen molar-refractivity contribution in [1.82, 2.24) is 14.9 Å². The first-order chi connectivity index (χ1) is 17.6. The van der Waals surface area contributed by atoms with Crippen LogP contribution in [0.3, 0.4) is 0 Å². The maximum absolute atomic E-state index is 11.6. The van der Waals surface area contributed by atoms with Crippen LogP contribution in [0.4, 0.5) is 0 Å². The van der Waals surface area contributed by atoms with Gasteiger partial charge in [-0.3, -0.25) is 23.9 Å². The normalized spacial score (nSPS) is 24.6. The van der Waals surface area contributed by atoms with Gasteiger partial charge in [-0.05, 0) is 0 Å². The molecule has 21 heteroatoms. The van der Waals surface area contributed by atoms with Gasteiger partial charge in [-0.15, -0.1) is 0 Å². The number of carbonyl (C=O) groups is 2. The van der Waals surface area contributed by atoms with Crippen LogP contribution in [0, 0.1) is 0 Å². The van der Waals surface area contributed by atoms with Crippen LogP contribution in [-0.4, -0.2) is 112 Å². The Morgan fingerprint density at radius 2 is 1.71 bits per heavy atom. The van der Waals surface area contributed by atoms with E-state index < -0.39 is 99.4 Å². The fourth-order valence-electron chi connectivity index (χ4n) is 3.20. The molecule has 38 heavy (non-hydrogen) atoms. The van der Waals surface area contributed by atoms with Crippen molar-refractivity contribution in [2.75, 3.05) is 13.2 Å². The van der Waals surface area contributed by atoms with E-state index in [0.29, 0.717) is 0 Å². The molecule has 1 amide bonds. The second-order valence-corrected chi connectivity index (χ2v) is 9.84. The minimum Gasteiger partial charge on any atom is -0.394 e. The first kappa shape index (κ1) is 33.3. The Hall–Kier alpha value is -2.70. The zero-order valence-corrected chi connectivity index (χ0v) is 21.0. The first-order valence-corrected chi connectivity index (χ1v) is 12.6. The number of aromatic nitrogens is 2. The van der Waals surface area contributed by atoms with Gasteiger partial charge in [0.2, 0.25) is 5.91 Å². The van der Waals surface area contributed by atoms with Crippen molar-refractivity contribution >= 4 is 26.8 Å². The van der Waals surface area contributed by atoms with Crippen molar-refractivity contribution < 1.29 is 68.3 Å². The minimum atomic E-state index is -4.12. The number of rotatable bonds is 10. The van der Waals surface area contributed by atoms with Crippen LogP contribution in [0.2, 0.25) is 0 Å². The molecule has 2 heterocycles. The van der Waals surface area contributed by atoms with E-state index in [1.165, 1.54) is 5.32 Å². The van der Waals surface area contributed by atoms with Gasteiger partial charge in [0.1, 0.15) is 36.6 Å². The highest BCUT2D eigenvalue weighted by atomic mass is 31.1. The fraction of sp³-hybridized carbons (Fsp3) is 0.647. The standard InChI is InChI=1S/C9H12N2O6.C8H13NO10P2/c12-3-4-6(14)7(15)8(17-4)11-2-1-5(13)10-9(11)16;1-3(11)9-8(21(18)19,7(15)20(16)17)6(14)5(13)4(12)2-10/h1-2,4,6-8,12,14-15H,3H2,(H,10,13,16);4-6,10,12-14H,2H2,1H3,(H,9,11)/t4-,6-,7-,8-;4-,5-,6+,8+/m11/s1. The largest absolute Gasteiger partial charge is 0.394 e. The number of amides is 1. The summed E-state index contributed by atoms with van der Waals surface area (Å²) in [5.41, 5.74) is -3.43. The number of ether oxygens (including phenoxy) is 1. The van der Waals surface area contributed by atoms with Crippen LogP contribution < -0.4 is 16.6 Å². The van der Waals surface area contributed by atoms with Crippen molar-refractivity contribution in [3.8, 4) is 0 Å². The molecule has 0 saturated carbocycles. The van der Waals surface area contributed by atoms with E-state index in [9.17, 15) is 57.9 Å². The van der Waals surface area contributed by atoms with E-state index in [0.717, 1.165) is 23.8 Å². The van der Waals surface area contributed by atoms with Gasteiger partial charge in [0.05, 0.1) is 13.2 Å². The number of nitrogens with zero attached hydrogens (tertiary/aromatic N) is 1. The Labute approximate surface area is 212 Å². The molecule has 1 aliphatic rings. The van der Waals surface area contributed by atoms with Gasteiger partial charge in [0, 0.05) is 19.2 Å². The summed E-state index contributed by atoms with van der Waals surface area (Å²) in [6.45, 7) is -0.866. The summed E-state index contributed by atoms with van der Waals surface area (Å²) in [5.74, 6) is -1.19. The van der Waals surface area contributed by atoms with E-state index >= 15 is 0 Å². The molecule has 2 rings (SSSR count). The average Bonchev–Trinajstić information content (AvgIpc) is 3.13. The molecule has 9 N–H and O–H groups in total. The van der Waals surface area contributed by atoms with Crippen molar-refractivity contribution in [3.05, 3.63) is 33.1 Å². The van der Waals surface area contributed by atoms with Gasteiger partial charge < -0.3 is 45.8 Å². The molecule has 0 bridgehead atoms. The Kier molecular flexibility index (Phi) is 12.2. The number of aliphatic hydroxyl groups is 7. The number of carbonyl (C=O) groups excluding carboxylic acids is 2. The van der Waals surface area contributed by atoms with E-state index in [1.807, 2.05) is 4.98 Å². The third kappa shape index (κ3) is 7.23. The Morgan fingerprint density at radius 3 is 2.11 bits per heavy atom. The summed E-state index contributed by atoms with van der Waals surface area (Å²) in [6, 6.07) is 1.09. The number of hydrogen-bond donors (Lipinski definition) is 9. The minimum absolute atomic E-state index is 0.479. The molecular weight excluding hydrogens is 564 g/mol. The lowest BCUT2D eigenvalue weighted by molar-refractivity contribution is -0.135. The van der Waals surface area contributed by atoms with Gasteiger partial charge in [-0.2, -0.15) is 0 Å². The number of H-pyrrole nitrogens is 1. The summed E-state index contributed by atoms with van der Waals surface area (Å²) in [4.78, 5) is 46.9. The van der Waals surface area contributed by atoms with E-state index in [2.05, 4.69) is 0 Å². The Bertz CT molecular complexity index is 1240. The second-order valence-electron chi connectivity index (χ2n) is 7.70. The summed E-state index contributed by atoms with van der Waals surface area (Å²) < 4.78 is 50.2. The predicted molar refractivity (Wildman–Crippen MR) is 118 cm³/mol. The molecular formula is C17H25N3O16P2. The average molecular weight is 589 g/mol. The SMILES string of the molecule is CC(=O)N[C@@](C(=O)P(=O)=O)([C@@H](O)[C@H](O)[C@H](O)CO)P(=O)=O.O=c1ccn([C@@H]2O[C@H](CO)[C@@H](O)[C@H]2O)c(=O)[nH]1. The topological polar surface area (TPSA) is 320 Å². The second kappa shape index (κ2) is 13.9. The predicted octanol–water partition coefficient (Wildman–Crippen LogP) is -5.09. The zero-order chi connectivity index (χ0) is 29.5. The van der Waals surface area contributed by atoms with Crippen LogP contribution in [-0.2, 0) is 32.6 Å². The van der Waals surface area contributed by atoms with Crippen LogP contribution in [0.5, 0.6) is 0 Å². The summed E-state index contributed by atoms with van der Waals surface area (Å²) >= 11 is 0. The lowest BCUT2D eigenvalue weighted by atomic mass is 10.0. The van der Waals surface area contributed by atoms with Crippen molar-refractivity contribution in [2.24, 2.45) is 0 Å². The third-order valence-corrected chi connectivity index (χ3v) is 7.14. The highest BCUT2D eigenvalue weighted by Crippen LogP contribution is 2.38. The van der Waals surface area contributed by atoms with E-state index in [-0.39, 0.29) is 0 Å². The molecule has 0 radical (unpaired) electrons. The summed E-state index contributed by atoms with van der Waals surface area (Å²) in [7, 11) is -8.17. The molecule has 1 aliphatic heterocycles. The molecule has 1 aromatic rings. The molecule has 0 aromatic carbocycles. The monoisotopic (exact) mass is 589 g/mol. The maximum Gasteiger partial charge on any atom is 0.388 e. The third-order valence-electron chi connectivity index (χ3n) is 5.12. The molecule has 8 atom stereocenters. The molecule has 19 nitrogen and oxygen atoms in total. The van der Waals surface area contributed by atoms with Gasteiger partial charge in [-0.25, -0.2) is 23.1 Å². The number of nitrogens with one attached hydrogen (secondary N) is 2. The quantitative estimate of drug-likeness (QED) is 0.115. The van der Waals surface area contributed by atoms with Crippen molar-refractivity contribution in [3.63, 3.8) is 0 Å². The molecule has 214 valence electrons. The van der Waals surface area contributed by atoms with E-state index in [4.69, 9.17) is 20.1 Å². The highest BCUT2D eigenvalue weighted by molar-refractivity contribution is 7.56. The number of hydrogen-bond acceptors (Lipinski definition) is 16. The molecule has 1 aromatic heterocycles. The molecule has 0 aliphatic carbocycles. The van der Waals surface area contributed by atoms with Crippen LogP contribution in [0.1, 0.15) is 13.2 Å². The number of aromatic amines is 1. The summed E-state index contributed by atoms with van der Waals surface area (Å²) in [5, 5.41) is 63.2. The molecule has 0 spiro atoms. The molecule has 1 fully saturated rings. The van der Waals surface area contributed by atoms with E-state index in [1.54, 1.807) is 0 Å².